The normalized spacial score (nSPS) is 18.9. The monoisotopic (exact) mass is 774 g/mol. The van der Waals surface area contributed by atoms with Gasteiger partial charge in [-0.2, -0.15) is 0 Å². The summed E-state index contributed by atoms with van der Waals surface area (Å²) in [4.78, 5) is 70.3. The molecule has 4 amide bonds. The van der Waals surface area contributed by atoms with Crippen LogP contribution in [-0.2, 0) is 44.6 Å². The summed E-state index contributed by atoms with van der Waals surface area (Å²) in [5.41, 5.74) is 4.91. The van der Waals surface area contributed by atoms with Crippen LogP contribution in [0.5, 0.6) is 0 Å². The van der Waals surface area contributed by atoms with Crippen LogP contribution in [-0.4, -0.2) is 115 Å². The highest BCUT2D eigenvalue weighted by molar-refractivity contribution is 5.89. The SMILES string of the molecule is CCC.COC(CC(=O)N1CCCC1C(OC)C(C)C(=O)NC(Cc1ccccc1)C(=O)OC(C)(C)C)C(C1CCCC1)N(C)C(=O)CNC(=O)C(C)(C)N. The van der Waals surface area contributed by atoms with Gasteiger partial charge in [0.15, 0.2) is 0 Å². The fourth-order valence-corrected chi connectivity index (χ4v) is 7.48. The second kappa shape index (κ2) is 22.3. The van der Waals surface area contributed by atoms with Crippen molar-refractivity contribution in [3.8, 4) is 0 Å². The standard InChI is InChI=1S/C39H63N5O8.C3H8/c1-25(35(47)42-28(36(48)52-38(2,3)4)22-26-16-11-10-12-17-26)34(51-9)29-20-15-21-44(29)31(45)23-30(50-8)33(27-18-13-14-19-27)43(7)32(46)24-41-37(49)39(5,6)40;1-3-2/h10-12,16-17,25,27-30,33-34H,13-15,18-24,40H2,1-9H3,(H,41,49)(H,42,47);3H2,1-2H3. The van der Waals surface area contributed by atoms with Crippen molar-refractivity contribution in [2.24, 2.45) is 17.6 Å². The van der Waals surface area contributed by atoms with E-state index in [0.29, 0.717) is 13.0 Å². The molecule has 1 aliphatic carbocycles. The smallest absolute Gasteiger partial charge is 0.329 e. The molecule has 4 N–H and O–H groups in total. The minimum absolute atomic E-state index is 0.0305. The fraction of sp³-hybridized carbons (Fsp3) is 0.738. The van der Waals surface area contributed by atoms with Crippen LogP contribution in [0.25, 0.3) is 0 Å². The quantitative estimate of drug-likeness (QED) is 0.195. The van der Waals surface area contributed by atoms with Gasteiger partial charge in [0.05, 0.1) is 48.7 Å². The predicted molar refractivity (Wildman–Crippen MR) is 214 cm³/mol. The number of likely N-dealkylation sites (tertiary alicyclic amines) is 1. The summed E-state index contributed by atoms with van der Waals surface area (Å²) in [6.45, 7) is 14.8. The number of hydrogen-bond acceptors (Lipinski definition) is 9. The Balaban J connectivity index is 0.00000337. The zero-order valence-corrected chi connectivity index (χ0v) is 35.4. The highest BCUT2D eigenvalue weighted by Gasteiger charge is 2.43. The van der Waals surface area contributed by atoms with Crippen LogP contribution in [0.15, 0.2) is 30.3 Å². The molecule has 1 heterocycles. The Bertz CT molecular complexity index is 1370. The van der Waals surface area contributed by atoms with Crippen molar-refractivity contribution in [1.82, 2.24) is 20.4 Å². The number of benzene rings is 1. The van der Waals surface area contributed by atoms with Crippen LogP contribution < -0.4 is 16.4 Å². The maximum absolute atomic E-state index is 14.1. The van der Waals surface area contributed by atoms with E-state index in [9.17, 15) is 24.0 Å². The van der Waals surface area contributed by atoms with Crippen molar-refractivity contribution in [2.45, 2.75) is 155 Å². The van der Waals surface area contributed by atoms with Crippen LogP contribution in [0.2, 0.25) is 0 Å². The lowest BCUT2D eigenvalue weighted by atomic mass is 9.89. The molecule has 0 radical (unpaired) electrons. The van der Waals surface area contributed by atoms with Gasteiger partial charge in [-0.15, -0.1) is 0 Å². The first-order valence-electron chi connectivity index (χ1n) is 20.0. The van der Waals surface area contributed by atoms with Crippen LogP contribution in [0.1, 0.15) is 112 Å². The van der Waals surface area contributed by atoms with Crippen molar-refractivity contribution >= 4 is 29.6 Å². The summed E-state index contributed by atoms with van der Waals surface area (Å²) < 4.78 is 17.6. The first kappa shape index (κ1) is 47.6. The first-order valence-corrected chi connectivity index (χ1v) is 20.0. The summed E-state index contributed by atoms with van der Waals surface area (Å²) in [5.74, 6) is -2.35. The number of hydrogen-bond donors (Lipinski definition) is 3. The van der Waals surface area contributed by atoms with Gasteiger partial charge in [0.2, 0.25) is 23.6 Å². The molecule has 2 fully saturated rings. The zero-order valence-electron chi connectivity index (χ0n) is 35.4. The molecule has 1 saturated carbocycles. The van der Waals surface area contributed by atoms with Gasteiger partial charge < -0.3 is 40.4 Å². The summed E-state index contributed by atoms with van der Waals surface area (Å²) >= 11 is 0. The molecule has 1 aromatic carbocycles. The third kappa shape index (κ3) is 14.8. The number of carbonyl (C=O) groups excluding carboxylic acids is 5. The highest BCUT2D eigenvalue weighted by Crippen LogP contribution is 2.34. The third-order valence-corrected chi connectivity index (χ3v) is 10.2. The molecule has 1 saturated heterocycles. The Hall–Kier alpha value is -3.55. The Kier molecular flexibility index (Phi) is 19.3. The van der Waals surface area contributed by atoms with E-state index in [1.807, 2.05) is 30.3 Å². The molecule has 0 aromatic heterocycles. The third-order valence-electron chi connectivity index (χ3n) is 10.2. The van der Waals surface area contributed by atoms with Gasteiger partial charge in [0.1, 0.15) is 11.6 Å². The number of ether oxygens (including phenoxy) is 3. The summed E-state index contributed by atoms with van der Waals surface area (Å²) in [7, 11) is 4.78. The van der Waals surface area contributed by atoms with E-state index in [4.69, 9.17) is 19.9 Å². The predicted octanol–water partition coefficient (Wildman–Crippen LogP) is 4.39. The average molecular weight is 774 g/mol. The van der Waals surface area contributed by atoms with E-state index in [-0.39, 0.29) is 55.1 Å². The molecule has 1 aromatic rings. The van der Waals surface area contributed by atoms with E-state index in [2.05, 4.69) is 24.5 Å². The zero-order chi connectivity index (χ0) is 41.5. The van der Waals surface area contributed by atoms with E-state index in [0.717, 1.165) is 37.7 Å². The molecule has 55 heavy (non-hydrogen) atoms. The van der Waals surface area contributed by atoms with Crippen LogP contribution >= 0.6 is 0 Å². The largest absolute Gasteiger partial charge is 0.458 e. The van der Waals surface area contributed by atoms with Crippen LogP contribution in [0.4, 0.5) is 0 Å². The molecule has 13 heteroatoms. The van der Waals surface area contributed by atoms with Gasteiger partial charge in [0.25, 0.3) is 0 Å². The van der Waals surface area contributed by atoms with Crippen molar-refractivity contribution in [1.29, 1.82) is 0 Å². The number of nitrogens with zero attached hydrogens (tertiary/aromatic N) is 2. The molecular weight excluding hydrogens is 702 g/mol. The molecule has 0 spiro atoms. The van der Waals surface area contributed by atoms with Gasteiger partial charge in [-0.25, -0.2) is 4.79 Å². The second-order valence-electron chi connectivity index (χ2n) is 16.7. The number of amides is 4. The number of methoxy groups -OCH3 is 2. The molecule has 6 unspecified atom stereocenters. The number of esters is 1. The van der Waals surface area contributed by atoms with Gasteiger partial charge in [-0.05, 0) is 71.8 Å². The lowest BCUT2D eigenvalue weighted by Gasteiger charge is -2.39. The Labute approximate surface area is 330 Å². The first-order chi connectivity index (χ1) is 25.8. The van der Waals surface area contributed by atoms with Crippen molar-refractivity contribution in [3.63, 3.8) is 0 Å². The van der Waals surface area contributed by atoms with E-state index >= 15 is 0 Å². The molecular formula is C42H71N5O8. The lowest BCUT2D eigenvalue weighted by molar-refractivity contribution is -0.159. The Morgan fingerprint density at radius 1 is 0.945 bits per heavy atom. The molecule has 2 aliphatic rings. The topological polar surface area (TPSA) is 170 Å². The summed E-state index contributed by atoms with van der Waals surface area (Å²) in [5, 5.41) is 5.55. The van der Waals surface area contributed by atoms with Gasteiger partial charge >= 0.3 is 5.97 Å². The van der Waals surface area contributed by atoms with Gasteiger partial charge in [-0.3, -0.25) is 19.2 Å². The molecule has 0 bridgehead atoms. The minimum atomic E-state index is -1.13. The van der Waals surface area contributed by atoms with Crippen LogP contribution in [0, 0.1) is 11.8 Å². The van der Waals surface area contributed by atoms with Crippen LogP contribution in [0.3, 0.4) is 0 Å². The van der Waals surface area contributed by atoms with Crippen molar-refractivity contribution < 1.29 is 38.2 Å². The highest BCUT2D eigenvalue weighted by atomic mass is 16.6. The maximum Gasteiger partial charge on any atom is 0.329 e. The summed E-state index contributed by atoms with van der Waals surface area (Å²) in [6.07, 6.45) is 5.52. The summed E-state index contributed by atoms with van der Waals surface area (Å²) in [6, 6.07) is 7.74. The number of carbonyl (C=O) groups is 5. The maximum atomic E-state index is 14.1. The molecule has 1 aliphatic heterocycles. The van der Waals surface area contributed by atoms with Crippen molar-refractivity contribution in [2.75, 3.05) is 34.4 Å². The molecule has 13 nitrogen and oxygen atoms in total. The number of likely N-dealkylation sites (N-methyl/N-ethyl adjacent to an activating group) is 1. The van der Waals surface area contributed by atoms with Crippen molar-refractivity contribution in [3.05, 3.63) is 35.9 Å². The Morgan fingerprint density at radius 3 is 2.07 bits per heavy atom. The molecule has 6 atom stereocenters. The van der Waals surface area contributed by atoms with E-state index in [1.165, 1.54) is 13.5 Å². The van der Waals surface area contributed by atoms with Gasteiger partial charge in [-0.1, -0.05) is 70.4 Å². The minimum Gasteiger partial charge on any atom is -0.458 e. The molecule has 312 valence electrons. The number of rotatable bonds is 17. The number of nitrogens with two attached hydrogens (primary N) is 1. The van der Waals surface area contributed by atoms with Gasteiger partial charge in [0, 0.05) is 34.2 Å². The average Bonchev–Trinajstić information content (AvgIpc) is 3.83. The van der Waals surface area contributed by atoms with E-state index < -0.39 is 47.2 Å². The second-order valence-corrected chi connectivity index (χ2v) is 16.7. The van der Waals surface area contributed by atoms with E-state index in [1.54, 1.807) is 65.5 Å². The Morgan fingerprint density at radius 2 is 1.55 bits per heavy atom. The fourth-order valence-electron chi connectivity index (χ4n) is 7.48. The molecule has 3 rings (SSSR count). The lowest BCUT2D eigenvalue weighted by Crippen LogP contribution is -2.56. The number of nitrogens with one attached hydrogen (secondary N) is 2.